The van der Waals surface area contributed by atoms with Crippen LogP contribution in [0.4, 0.5) is 11.4 Å². The van der Waals surface area contributed by atoms with Crippen LogP contribution in [0, 0.1) is 6.92 Å². The van der Waals surface area contributed by atoms with Crippen molar-refractivity contribution in [1.82, 2.24) is 0 Å². The second kappa shape index (κ2) is 11.6. The van der Waals surface area contributed by atoms with Gasteiger partial charge in [0, 0.05) is 16.9 Å². The smallest absolute Gasteiger partial charge is 0.262 e. The molecule has 0 atom stereocenters. The van der Waals surface area contributed by atoms with E-state index in [1.807, 2.05) is 73.7 Å². The molecule has 0 heterocycles. The number of benzene rings is 4. The largest absolute Gasteiger partial charge is 0.482 e. The molecule has 0 radical (unpaired) electrons. The molecule has 0 saturated heterocycles. The molecule has 0 fully saturated rings. The summed E-state index contributed by atoms with van der Waals surface area (Å²) in [7, 11) is 0. The lowest BCUT2D eigenvalue weighted by molar-refractivity contribution is -0.118. The van der Waals surface area contributed by atoms with Crippen LogP contribution >= 0.6 is 23.2 Å². The fourth-order valence-electron chi connectivity index (χ4n) is 3.10. The zero-order chi connectivity index (χ0) is 24.6. The zero-order valence-electron chi connectivity index (χ0n) is 18.9. The number of carbonyl (C=O) groups is 1. The van der Waals surface area contributed by atoms with Gasteiger partial charge in [0.05, 0.1) is 10.7 Å². The molecular weight excluding hydrogens is 483 g/mol. The Kier molecular flexibility index (Phi) is 8.03. The number of carbonyl (C=O) groups excluding carboxylic acids is 1. The molecule has 0 spiro atoms. The van der Waals surface area contributed by atoms with Crippen LogP contribution in [-0.4, -0.2) is 18.7 Å². The van der Waals surface area contributed by atoms with Gasteiger partial charge < -0.3 is 14.8 Å². The molecule has 0 aliphatic carbocycles. The van der Waals surface area contributed by atoms with E-state index in [9.17, 15) is 4.79 Å². The van der Waals surface area contributed by atoms with Crippen LogP contribution in [0.5, 0.6) is 17.2 Å². The van der Waals surface area contributed by atoms with E-state index in [1.165, 1.54) is 0 Å². The van der Waals surface area contributed by atoms with Crippen molar-refractivity contribution in [2.45, 2.75) is 6.92 Å². The molecule has 0 saturated carbocycles. The minimum atomic E-state index is -0.314. The Balaban J connectivity index is 1.31. The second-order valence-electron chi connectivity index (χ2n) is 7.66. The van der Waals surface area contributed by atoms with Crippen LogP contribution in [0.3, 0.4) is 0 Å². The van der Waals surface area contributed by atoms with Gasteiger partial charge in [0.1, 0.15) is 17.2 Å². The van der Waals surface area contributed by atoms with Crippen molar-refractivity contribution in [2.24, 2.45) is 4.99 Å². The molecule has 0 aromatic heterocycles. The second-order valence-corrected chi connectivity index (χ2v) is 8.47. The van der Waals surface area contributed by atoms with Gasteiger partial charge in [-0.05, 0) is 84.8 Å². The number of hydrogen-bond acceptors (Lipinski definition) is 4. The maximum Gasteiger partial charge on any atom is 0.262 e. The summed E-state index contributed by atoms with van der Waals surface area (Å²) in [5.41, 5.74) is 3.11. The van der Waals surface area contributed by atoms with E-state index in [1.54, 1.807) is 30.5 Å². The third-order valence-corrected chi connectivity index (χ3v) is 5.65. The molecule has 35 heavy (non-hydrogen) atoms. The lowest BCUT2D eigenvalue weighted by Gasteiger charge is -2.10. The number of amides is 1. The van der Waals surface area contributed by atoms with Gasteiger partial charge in [0.25, 0.3) is 5.91 Å². The molecule has 7 heteroatoms. The number of anilines is 1. The van der Waals surface area contributed by atoms with E-state index in [0.717, 1.165) is 28.3 Å². The Hall–Kier alpha value is -3.80. The first-order valence-corrected chi connectivity index (χ1v) is 11.6. The van der Waals surface area contributed by atoms with Crippen molar-refractivity contribution in [3.63, 3.8) is 0 Å². The Morgan fingerprint density at radius 1 is 0.886 bits per heavy atom. The number of halogens is 2. The first kappa shape index (κ1) is 24.3. The molecule has 1 N–H and O–H groups in total. The molecule has 0 aliphatic rings. The van der Waals surface area contributed by atoms with Gasteiger partial charge >= 0.3 is 0 Å². The van der Waals surface area contributed by atoms with Gasteiger partial charge in [-0.2, -0.15) is 0 Å². The molecule has 4 aromatic rings. The summed E-state index contributed by atoms with van der Waals surface area (Å²) in [6.07, 6.45) is 1.70. The maximum absolute atomic E-state index is 12.2. The number of nitrogens with one attached hydrogen (secondary N) is 1. The summed E-state index contributed by atoms with van der Waals surface area (Å²) >= 11 is 12.4. The van der Waals surface area contributed by atoms with Gasteiger partial charge in [-0.3, -0.25) is 9.79 Å². The molecule has 176 valence electrons. The van der Waals surface area contributed by atoms with E-state index in [0.29, 0.717) is 21.5 Å². The Bertz CT molecular complexity index is 1340. The summed E-state index contributed by atoms with van der Waals surface area (Å²) in [6.45, 7) is 1.71. The van der Waals surface area contributed by atoms with Gasteiger partial charge in [-0.15, -0.1) is 0 Å². The number of ether oxygens (including phenoxy) is 2. The molecule has 5 nitrogen and oxygen atoms in total. The molecule has 0 aliphatic heterocycles. The summed E-state index contributed by atoms with van der Waals surface area (Å²) in [5, 5.41) is 3.71. The predicted molar refractivity (Wildman–Crippen MR) is 142 cm³/mol. The molecule has 0 bridgehead atoms. The first-order valence-electron chi connectivity index (χ1n) is 10.8. The summed E-state index contributed by atoms with van der Waals surface area (Å²) < 4.78 is 11.4. The zero-order valence-corrected chi connectivity index (χ0v) is 20.4. The number of aryl methyl sites for hydroxylation is 1. The summed E-state index contributed by atoms with van der Waals surface area (Å²) in [6, 6.07) is 27.6. The van der Waals surface area contributed by atoms with Crippen LogP contribution in [0.15, 0.2) is 96.0 Å². The monoisotopic (exact) mass is 504 g/mol. The van der Waals surface area contributed by atoms with Crippen LogP contribution < -0.4 is 14.8 Å². The topological polar surface area (TPSA) is 59.9 Å². The standard InChI is InChI=1S/C28H22Cl2N2O3/c1-19-7-9-22(16-25(19)29)32-28(33)18-34-27-14-8-20(15-26(27)30)17-31-21-10-12-24(13-11-21)35-23-5-3-2-4-6-23/h2-17H,18H2,1H3,(H,32,33). The van der Waals surface area contributed by atoms with Gasteiger partial charge in [-0.25, -0.2) is 0 Å². The van der Waals surface area contributed by atoms with Crippen molar-refractivity contribution in [2.75, 3.05) is 11.9 Å². The highest BCUT2D eigenvalue weighted by Crippen LogP contribution is 2.27. The highest BCUT2D eigenvalue weighted by atomic mass is 35.5. The highest BCUT2D eigenvalue weighted by molar-refractivity contribution is 6.32. The third-order valence-electron chi connectivity index (χ3n) is 4.95. The van der Waals surface area contributed by atoms with Crippen LogP contribution in [0.1, 0.15) is 11.1 Å². The fraction of sp³-hybridized carbons (Fsp3) is 0.0714. The average Bonchev–Trinajstić information content (AvgIpc) is 2.86. The minimum absolute atomic E-state index is 0.184. The lowest BCUT2D eigenvalue weighted by Crippen LogP contribution is -2.20. The summed E-state index contributed by atoms with van der Waals surface area (Å²) in [4.78, 5) is 16.7. The Morgan fingerprint density at radius 2 is 1.63 bits per heavy atom. The predicted octanol–water partition coefficient (Wildman–Crippen LogP) is 7.86. The molecular formula is C28H22Cl2N2O3. The van der Waals surface area contributed by atoms with Crippen LogP contribution in [0.2, 0.25) is 10.0 Å². The molecule has 4 aromatic carbocycles. The maximum atomic E-state index is 12.2. The van der Waals surface area contributed by atoms with E-state index in [-0.39, 0.29) is 12.5 Å². The van der Waals surface area contributed by atoms with Crippen molar-refractivity contribution in [1.29, 1.82) is 0 Å². The van der Waals surface area contributed by atoms with E-state index in [2.05, 4.69) is 10.3 Å². The molecule has 4 rings (SSSR count). The molecule has 0 unspecified atom stereocenters. The van der Waals surface area contributed by atoms with E-state index < -0.39 is 0 Å². The average molecular weight is 505 g/mol. The molecule has 1 amide bonds. The number of para-hydroxylation sites is 1. The van der Waals surface area contributed by atoms with Gasteiger partial charge in [0.2, 0.25) is 0 Å². The minimum Gasteiger partial charge on any atom is -0.482 e. The quantitative estimate of drug-likeness (QED) is 0.248. The van der Waals surface area contributed by atoms with Crippen LogP contribution in [-0.2, 0) is 4.79 Å². The third kappa shape index (κ3) is 7.09. The number of aliphatic imine (C=N–C) groups is 1. The SMILES string of the molecule is Cc1ccc(NC(=O)COc2ccc(C=Nc3ccc(Oc4ccccc4)cc3)cc2Cl)cc1Cl. The number of nitrogens with zero attached hydrogens (tertiary/aromatic N) is 1. The first-order chi connectivity index (χ1) is 17.0. The Labute approximate surface area is 214 Å². The van der Waals surface area contributed by atoms with E-state index in [4.69, 9.17) is 32.7 Å². The van der Waals surface area contributed by atoms with E-state index >= 15 is 0 Å². The lowest BCUT2D eigenvalue weighted by atomic mass is 10.2. The highest BCUT2D eigenvalue weighted by Gasteiger charge is 2.08. The van der Waals surface area contributed by atoms with Crippen molar-refractivity contribution in [3.8, 4) is 17.2 Å². The fourth-order valence-corrected chi connectivity index (χ4v) is 3.52. The Morgan fingerprint density at radius 3 is 2.34 bits per heavy atom. The van der Waals surface area contributed by atoms with Crippen molar-refractivity contribution < 1.29 is 14.3 Å². The van der Waals surface area contributed by atoms with Gasteiger partial charge in [0.15, 0.2) is 6.61 Å². The number of hydrogen-bond donors (Lipinski definition) is 1. The summed E-state index contributed by atoms with van der Waals surface area (Å²) in [5.74, 6) is 1.60. The normalized spacial score (nSPS) is 10.8. The van der Waals surface area contributed by atoms with Crippen molar-refractivity contribution >= 4 is 46.7 Å². The number of rotatable bonds is 8. The van der Waals surface area contributed by atoms with Crippen molar-refractivity contribution in [3.05, 3.63) is 112 Å². The van der Waals surface area contributed by atoms with Crippen LogP contribution in [0.25, 0.3) is 0 Å². The van der Waals surface area contributed by atoms with Gasteiger partial charge in [-0.1, -0.05) is 47.5 Å².